The van der Waals surface area contributed by atoms with Gasteiger partial charge in [-0.1, -0.05) is 36.4 Å². The summed E-state index contributed by atoms with van der Waals surface area (Å²) in [5.41, 5.74) is 3.51. The minimum Gasteiger partial charge on any atom is -0.504 e. The Hall–Kier alpha value is -3.60. The van der Waals surface area contributed by atoms with Gasteiger partial charge in [0.1, 0.15) is 0 Å². The molecular formula is C21H17N3O2. The Balaban J connectivity index is 1.90. The molecule has 5 nitrogen and oxygen atoms in total. The van der Waals surface area contributed by atoms with Gasteiger partial charge in [-0.25, -0.2) is 9.67 Å². The summed E-state index contributed by atoms with van der Waals surface area (Å²) in [5.74, 6) is 1.22. The predicted molar refractivity (Wildman–Crippen MR) is 100 cm³/mol. The first-order valence-electron chi connectivity index (χ1n) is 8.20. The second-order valence-corrected chi connectivity index (χ2v) is 5.77. The minimum atomic E-state index is 0.0834. The lowest BCUT2D eigenvalue weighted by molar-refractivity contribution is 0.373. The number of phenolic OH excluding ortho intramolecular Hbond substituents is 1. The zero-order valence-electron chi connectivity index (χ0n) is 14.2. The molecule has 128 valence electrons. The molecule has 0 aliphatic carbocycles. The largest absolute Gasteiger partial charge is 0.504 e. The zero-order valence-corrected chi connectivity index (χ0v) is 14.2. The summed E-state index contributed by atoms with van der Waals surface area (Å²) in [4.78, 5) is 4.41. The Morgan fingerprint density at radius 3 is 2.38 bits per heavy atom. The molecule has 2 aromatic carbocycles. The average Bonchev–Trinajstić information content (AvgIpc) is 3.15. The van der Waals surface area contributed by atoms with Crippen LogP contribution in [0.15, 0.2) is 79.0 Å². The summed E-state index contributed by atoms with van der Waals surface area (Å²) in [6, 6.07) is 22.9. The van der Waals surface area contributed by atoms with E-state index in [1.54, 1.807) is 23.0 Å². The summed E-state index contributed by atoms with van der Waals surface area (Å²) in [6.45, 7) is 0. The van der Waals surface area contributed by atoms with Gasteiger partial charge in [0.2, 0.25) is 0 Å². The number of methoxy groups -OCH3 is 1. The highest BCUT2D eigenvalue weighted by Gasteiger charge is 2.15. The molecular weight excluding hydrogens is 326 g/mol. The molecule has 0 aliphatic heterocycles. The summed E-state index contributed by atoms with van der Waals surface area (Å²) >= 11 is 0. The van der Waals surface area contributed by atoms with Crippen molar-refractivity contribution in [1.82, 2.24) is 14.8 Å². The van der Waals surface area contributed by atoms with Crippen molar-refractivity contribution in [3.05, 3.63) is 79.0 Å². The number of phenols is 1. The number of hydrogen-bond donors (Lipinski definition) is 1. The lowest BCUT2D eigenvalue weighted by Gasteiger charge is -2.08. The van der Waals surface area contributed by atoms with E-state index >= 15 is 0 Å². The van der Waals surface area contributed by atoms with Crippen LogP contribution in [0.4, 0.5) is 0 Å². The van der Waals surface area contributed by atoms with Crippen LogP contribution in [0.25, 0.3) is 28.3 Å². The molecule has 0 amide bonds. The van der Waals surface area contributed by atoms with E-state index in [2.05, 4.69) is 4.98 Å². The smallest absolute Gasteiger partial charge is 0.160 e. The third-order valence-electron chi connectivity index (χ3n) is 4.12. The topological polar surface area (TPSA) is 60.2 Å². The monoisotopic (exact) mass is 343 g/mol. The summed E-state index contributed by atoms with van der Waals surface area (Å²) < 4.78 is 6.92. The molecule has 2 aromatic heterocycles. The Kier molecular flexibility index (Phi) is 4.11. The van der Waals surface area contributed by atoms with Gasteiger partial charge in [-0.2, -0.15) is 5.10 Å². The Bertz CT molecular complexity index is 1030. The molecule has 4 rings (SSSR count). The van der Waals surface area contributed by atoms with Crippen LogP contribution in [0.3, 0.4) is 0 Å². The number of ether oxygens (including phenoxy) is 1. The minimum absolute atomic E-state index is 0.0834. The van der Waals surface area contributed by atoms with Crippen LogP contribution >= 0.6 is 0 Å². The first kappa shape index (κ1) is 15.9. The van der Waals surface area contributed by atoms with E-state index in [1.165, 1.54) is 7.11 Å². The highest BCUT2D eigenvalue weighted by molar-refractivity contribution is 5.71. The third kappa shape index (κ3) is 2.91. The Morgan fingerprint density at radius 1 is 0.885 bits per heavy atom. The molecule has 0 unspecified atom stereocenters. The first-order chi connectivity index (χ1) is 12.8. The molecule has 1 N–H and O–H groups in total. The number of hydrogen-bond acceptors (Lipinski definition) is 4. The number of aromatic hydroxyl groups is 1. The van der Waals surface area contributed by atoms with Crippen LogP contribution in [-0.4, -0.2) is 27.0 Å². The van der Waals surface area contributed by atoms with Crippen LogP contribution in [0, 0.1) is 0 Å². The Labute approximate surface area is 151 Å². The fourth-order valence-corrected chi connectivity index (χ4v) is 2.84. The summed E-state index contributed by atoms with van der Waals surface area (Å²) in [7, 11) is 1.53. The first-order valence-corrected chi connectivity index (χ1v) is 8.20. The molecule has 0 saturated carbocycles. The van der Waals surface area contributed by atoms with E-state index in [9.17, 15) is 5.11 Å². The lowest BCUT2D eigenvalue weighted by Crippen LogP contribution is -2.01. The third-order valence-corrected chi connectivity index (χ3v) is 4.12. The van der Waals surface area contributed by atoms with Crippen molar-refractivity contribution in [2.24, 2.45) is 0 Å². The highest BCUT2D eigenvalue weighted by atomic mass is 16.5. The number of nitrogens with zero attached hydrogens (tertiary/aromatic N) is 3. The number of pyridine rings is 1. The van der Waals surface area contributed by atoms with E-state index in [0.29, 0.717) is 11.6 Å². The van der Waals surface area contributed by atoms with Gasteiger partial charge in [0.05, 0.1) is 18.5 Å². The number of rotatable bonds is 4. The van der Waals surface area contributed by atoms with Gasteiger partial charge in [0, 0.05) is 17.3 Å². The quantitative estimate of drug-likeness (QED) is 0.600. The fourth-order valence-electron chi connectivity index (χ4n) is 2.84. The molecule has 0 aliphatic rings. The summed E-state index contributed by atoms with van der Waals surface area (Å²) in [5, 5.41) is 14.9. The van der Waals surface area contributed by atoms with Crippen molar-refractivity contribution in [2.45, 2.75) is 0 Å². The molecule has 4 aromatic rings. The standard InChI is InChI=1S/C21H17N3O2/c1-26-20-11-10-16(13-19(20)25)18-14-17(15-7-3-2-4-8-15)23-24(18)21-9-5-6-12-22-21/h2-14,25H,1H3. The average molecular weight is 343 g/mol. The molecule has 0 atom stereocenters. The molecule has 0 saturated heterocycles. The van der Waals surface area contributed by atoms with E-state index < -0.39 is 0 Å². The molecule has 0 fully saturated rings. The second kappa shape index (κ2) is 6.72. The van der Waals surface area contributed by atoms with E-state index in [-0.39, 0.29) is 5.75 Å². The van der Waals surface area contributed by atoms with Crippen LogP contribution in [0.5, 0.6) is 11.5 Å². The van der Waals surface area contributed by atoms with Gasteiger partial charge in [-0.05, 0) is 36.4 Å². The van der Waals surface area contributed by atoms with Crippen LogP contribution in [-0.2, 0) is 0 Å². The molecule has 0 bridgehead atoms. The van der Waals surface area contributed by atoms with Gasteiger partial charge in [0.25, 0.3) is 0 Å². The van der Waals surface area contributed by atoms with E-state index in [4.69, 9.17) is 9.84 Å². The van der Waals surface area contributed by atoms with Crippen molar-refractivity contribution in [3.63, 3.8) is 0 Å². The maximum atomic E-state index is 10.2. The van der Waals surface area contributed by atoms with Crippen LogP contribution in [0.2, 0.25) is 0 Å². The van der Waals surface area contributed by atoms with Gasteiger partial charge < -0.3 is 9.84 Å². The number of benzene rings is 2. The van der Waals surface area contributed by atoms with Crippen molar-refractivity contribution < 1.29 is 9.84 Å². The van der Waals surface area contributed by atoms with Crippen molar-refractivity contribution in [2.75, 3.05) is 7.11 Å². The predicted octanol–water partition coefficient (Wildman–Crippen LogP) is 4.32. The van der Waals surface area contributed by atoms with E-state index in [1.807, 2.05) is 60.7 Å². The second-order valence-electron chi connectivity index (χ2n) is 5.77. The normalized spacial score (nSPS) is 10.7. The Morgan fingerprint density at radius 2 is 1.69 bits per heavy atom. The van der Waals surface area contributed by atoms with Gasteiger partial charge in [0.15, 0.2) is 17.3 Å². The molecule has 5 heteroatoms. The SMILES string of the molecule is COc1ccc(-c2cc(-c3ccccc3)nn2-c2ccccn2)cc1O. The maximum Gasteiger partial charge on any atom is 0.160 e. The molecule has 2 heterocycles. The van der Waals surface area contributed by atoms with Crippen molar-refractivity contribution in [1.29, 1.82) is 0 Å². The fraction of sp³-hybridized carbons (Fsp3) is 0.0476. The van der Waals surface area contributed by atoms with E-state index in [0.717, 1.165) is 22.5 Å². The molecule has 26 heavy (non-hydrogen) atoms. The van der Waals surface area contributed by atoms with Crippen LogP contribution in [0.1, 0.15) is 0 Å². The zero-order chi connectivity index (χ0) is 17.9. The lowest BCUT2D eigenvalue weighted by atomic mass is 10.1. The van der Waals surface area contributed by atoms with Crippen LogP contribution < -0.4 is 4.74 Å². The van der Waals surface area contributed by atoms with Gasteiger partial charge >= 0.3 is 0 Å². The molecule has 0 radical (unpaired) electrons. The maximum absolute atomic E-state index is 10.2. The molecule has 0 spiro atoms. The van der Waals surface area contributed by atoms with Crippen molar-refractivity contribution in [3.8, 4) is 39.8 Å². The van der Waals surface area contributed by atoms with Crippen molar-refractivity contribution >= 4 is 0 Å². The highest BCUT2D eigenvalue weighted by Crippen LogP contribution is 2.34. The number of aromatic nitrogens is 3. The van der Waals surface area contributed by atoms with Gasteiger partial charge in [-0.15, -0.1) is 0 Å². The van der Waals surface area contributed by atoms with Gasteiger partial charge in [-0.3, -0.25) is 0 Å². The summed E-state index contributed by atoms with van der Waals surface area (Å²) in [6.07, 6.45) is 1.73.